The van der Waals surface area contributed by atoms with Crippen LogP contribution < -0.4 is 15.4 Å². The van der Waals surface area contributed by atoms with E-state index in [1.807, 2.05) is 0 Å². The summed E-state index contributed by atoms with van der Waals surface area (Å²) in [5.41, 5.74) is 0. The summed E-state index contributed by atoms with van der Waals surface area (Å²) in [6.07, 6.45) is 0.960. The molecule has 0 bridgehead atoms. The highest BCUT2D eigenvalue weighted by Crippen LogP contribution is 2.20. The lowest BCUT2D eigenvalue weighted by Crippen LogP contribution is -2.42. The predicted molar refractivity (Wildman–Crippen MR) is 113 cm³/mol. The summed E-state index contributed by atoms with van der Waals surface area (Å²) in [5.74, 6) is 0.228. The van der Waals surface area contributed by atoms with Crippen LogP contribution in [0.15, 0.2) is 0 Å². The van der Waals surface area contributed by atoms with E-state index in [2.05, 4.69) is 30.5 Å². The molecule has 2 N–H and O–H groups in total. The lowest BCUT2D eigenvalue weighted by molar-refractivity contribution is -0.154. The van der Waals surface area contributed by atoms with Gasteiger partial charge in [-0.3, -0.25) is 0 Å². The summed E-state index contributed by atoms with van der Waals surface area (Å²) in [6.45, 7) is 2.87. The second kappa shape index (κ2) is 10.8. The Hall–Kier alpha value is -1.93. The summed E-state index contributed by atoms with van der Waals surface area (Å²) in [6, 6.07) is -0.538. The third-order valence-corrected chi connectivity index (χ3v) is 6.67. The van der Waals surface area contributed by atoms with E-state index in [1.165, 1.54) is 23.4 Å². The van der Waals surface area contributed by atoms with Crippen LogP contribution in [-0.4, -0.2) is 96.9 Å². The lowest BCUT2D eigenvalue weighted by Gasteiger charge is -2.30. The number of sulfonamides is 1. The molecule has 3 heterocycles. The number of nitrogens with one attached hydrogen (secondary N) is 2. The minimum absolute atomic E-state index is 0.0945. The van der Waals surface area contributed by atoms with Crippen molar-refractivity contribution < 1.29 is 26.3 Å². The molecule has 2 aliphatic rings. The van der Waals surface area contributed by atoms with Gasteiger partial charge in [0.2, 0.25) is 21.9 Å². The highest BCUT2D eigenvalue weighted by Gasteiger charge is 2.30. The number of anilines is 2. The van der Waals surface area contributed by atoms with Gasteiger partial charge in [-0.1, -0.05) is 0 Å². The van der Waals surface area contributed by atoms with Gasteiger partial charge in [-0.15, -0.1) is 0 Å². The smallest absolute Gasteiger partial charge is 0.422 e. The second-order valence-corrected chi connectivity index (χ2v) is 10.1. The monoisotopic (exact) mass is 481 g/mol. The molecule has 2 fully saturated rings. The molecule has 2 saturated heterocycles. The number of aromatic nitrogens is 3. The third-order valence-electron chi connectivity index (χ3n) is 5.37. The first-order chi connectivity index (χ1) is 15.1. The van der Waals surface area contributed by atoms with Crippen LogP contribution in [0.4, 0.5) is 25.1 Å². The van der Waals surface area contributed by atoms with E-state index in [9.17, 15) is 21.6 Å². The molecule has 14 heteroatoms. The molecule has 1 aromatic heterocycles. The van der Waals surface area contributed by atoms with E-state index in [0.29, 0.717) is 32.5 Å². The van der Waals surface area contributed by atoms with Crippen LogP contribution in [0.5, 0.6) is 6.01 Å². The molecule has 0 spiro atoms. The average Bonchev–Trinajstić information content (AvgIpc) is 3.22. The topological polar surface area (TPSA) is 113 Å². The summed E-state index contributed by atoms with van der Waals surface area (Å²) in [5, 5.41) is 6.11. The Balaban J connectivity index is 1.59. The number of hydrogen-bond acceptors (Lipinski definition) is 9. The van der Waals surface area contributed by atoms with Crippen LogP contribution in [0, 0.1) is 0 Å². The molecule has 0 amide bonds. The maximum absolute atomic E-state index is 12.6. The number of halogens is 3. The third kappa shape index (κ3) is 8.20. The van der Waals surface area contributed by atoms with Crippen LogP contribution in [0.25, 0.3) is 0 Å². The molecule has 0 unspecified atom stereocenters. The Morgan fingerprint density at radius 2 is 1.72 bits per heavy atom. The van der Waals surface area contributed by atoms with E-state index in [0.717, 1.165) is 26.1 Å². The number of rotatable bonds is 10. The van der Waals surface area contributed by atoms with Crippen molar-refractivity contribution in [3.63, 3.8) is 0 Å². The van der Waals surface area contributed by atoms with E-state index in [1.54, 1.807) is 0 Å². The SMILES string of the molecule is CS(=O)(=O)N1CCC(Nc2nc(NCCCN3CCCC3)nc(OCC(F)(F)F)n2)CC1. The van der Waals surface area contributed by atoms with Gasteiger partial charge in [0, 0.05) is 25.7 Å². The normalized spacial score (nSPS) is 19.2. The Morgan fingerprint density at radius 3 is 2.34 bits per heavy atom. The predicted octanol–water partition coefficient (Wildman–Crippen LogP) is 1.55. The van der Waals surface area contributed by atoms with Crippen molar-refractivity contribution in [3.8, 4) is 6.01 Å². The Morgan fingerprint density at radius 1 is 1.06 bits per heavy atom. The van der Waals surface area contributed by atoms with Gasteiger partial charge >= 0.3 is 12.2 Å². The van der Waals surface area contributed by atoms with Crippen LogP contribution >= 0.6 is 0 Å². The zero-order chi connectivity index (χ0) is 23.2. The van der Waals surface area contributed by atoms with Crippen molar-refractivity contribution >= 4 is 21.9 Å². The highest BCUT2D eigenvalue weighted by molar-refractivity contribution is 7.88. The maximum atomic E-state index is 12.6. The first kappa shape index (κ1) is 24.7. The van der Waals surface area contributed by atoms with Gasteiger partial charge in [-0.05, 0) is 51.7 Å². The summed E-state index contributed by atoms with van der Waals surface area (Å²) < 4.78 is 67.1. The zero-order valence-electron chi connectivity index (χ0n) is 18.1. The fraction of sp³-hybridized carbons (Fsp3) is 0.833. The molecule has 2 aliphatic heterocycles. The molecule has 0 saturated carbocycles. The molecule has 0 aliphatic carbocycles. The van der Waals surface area contributed by atoms with Crippen LogP contribution in [-0.2, 0) is 10.0 Å². The molecule has 0 radical (unpaired) electrons. The minimum Gasteiger partial charge on any atom is -0.454 e. The standard InChI is InChI=1S/C18H30F3N7O3S/c1-32(29,30)28-11-5-14(6-12-28)23-16-24-15(22-7-4-10-27-8-2-3-9-27)25-17(26-16)31-13-18(19,20)21/h14H,2-13H2,1H3,(H2,22,23,24,25,26). The van der Waals surface area contributed by atoms with Crippen molar-refractivity contribution in [2.45, 2.75) is 44.3 Å². The summed E-state index contributed by atoms with van der Waals surface area (Å²) >= 11 is 0. The second-order valence-electron chi connectivity index (χ2n) is 8.08. The van der Waals surface area contributed by atoms with Gasteiger partial charge in [0.15, 0.2) is 6.61 Å². The van der Waals surface area contributed by atoms with Crippen molar-refractivity contribution in [1.82, 2.24) is 24.2 Å². The number of hydrogen-bond donors (Lipinski definition) is 2. The molecular weight excluding hydrogens is 451 g/mol. The summed E-state index contributed by atoms with van der Waals surface area (Å²) in [7, 11) is -3.25. The lowest BCUT2D eigenvalue weighted by atomic mass is 10.1. The van der Waals surface area contributed by atoms with Gasteiger partial charge in [-0.25, -0.2) is 12.7 Å². The molecular formula is C18H30F3N7O3S. The largest absolute Gasteiger partial charge is 0.454 e. The van der Waals surface area contributed by atoms with Crippen molar-refractivity contribution in [2.75, 3.05) is 62.8 Å². The van der Waals surface area contributed by atoms with Gasteiger partial charge < -0.3 is 20.3 Å². The van der Waals surface area contributed by atoms with Crippen LogP contribution in [0.3, 0.4) is 0 Å². The first-order valence-corrected chi connectivity index (χ1v) is 12.6. The summed E-state index contributed by atoms with van der Waals surface area (Å²) in [4.78, 5) is 14.5. The zero-order valence-corrected chi connectivity index (χ0v) is 18.9. The van der Waals surface area contributed by atoms with E-state index in [-0.39, 0.29) is 17.9 Å². The molecule has 32 heavy (non-hydrogen) atoms. The number of likely N-dealkylation sites (tertiary alicyclic amines) is 1. The molecule has 182 valence electrons. The van der Waals surface area contributed by atoms with Gasteiger partial charge in [-0.2, -0.15) is 28.1 Å². The van der Waals surface area contributed by atoms with Crippen molar-refractivity contribution in [2.24, 2.45) is 0 Å². The van der Waals surface area contributed by atoms with Crippen molar-refractivity contribution in [3.05, 3.63) is 0 Å². The fourth-order valence-corrected chi connectivity index (χ4v) is 4.61. The van der Waals surface area contributed by atoms with Gasteiger partial charge in [0.05, 0.1) is 6.26 Å². The van der Waals surface area contributed by atoms with Crippen molar-refractivity contribution in [1.29, 1.82) is 0 Å². The number of ether oxygens (including phenoxy) is 1. The maximum Gasteiger partial charge on any atom is 0.422 e. The Kier molecular flexibility index (Phi) is 8.33. The fourth-order valence-electron chi connectivity index (χ4n) is 3.73. The molecule has 1 aromatic rings. The average molecular weight is 482 g/mol. The van der Waals surface area contributed by atoms with E-state index >= 15 is 0 Å². The number of piperidine rings is 1. The minimum atomic E-state index is -4.51. The van der Waals surface area contributed by atoms with E-state index in [4.69, 9.17) is 4.74 Å². The number of alkyl halides is 3. The molecule has 10 nitrogen and oxygen atoms in total. The highest BCUT2D eigenvalue weighted by atomic mass is 32.2. The molecule has 0 atom stereocenters. The van der Waals surface area contributed by atoms with Crippen LogP contribution in [0.2, 0.25) is 0 Å². The Labute approximate surface area is 186 Å². The van der Waals surface area contributed by atoms with E-state index < -0.39 is 28.8 Å². The quantitative estimate of drug-likeness (QED) is 0.481. The van der Waals surface area contributed by atoms with Gasteiger partial charge in [0.25, 0.3) is 0 Å². The first-order valence-electron chi connectivity index (χ1n) is 10.7. The van der Waals surface area contributed by atoms with Crippen LogP contribution in [0.1, 0.15) is 32.1 Å². The molecule has 0 aromatic carbocycles. The number of nitrogens with zero attached hydrogens (tertiary/aromatic N) is 5. The molecule has 3 rings (SSSR count). The van der Waals surface area contributed by atoms with Gasteiger partial charge in [0.1, 0.15) is 0 Å². The Bertz CT molecular complexity index is 843.